The zero-order valence-corrected chi connectivity index (χ0v) is 59.5. The van der Waals surface area contributed by atoms with E-state index in [2.05, 4.69) is 0 Å². The van der Waals surface area contributed by atoms with E-state index in [1.807, 2.05) is 0 Å². The summed E-state index contributed by atoms with van der Waals surface area (Å²) < 4.78 is 179. The molecule has 0 heterocycles. The van der Waals surface area contributed by atoms with Crippen LogP contribution in [0, 0.1) is 0 Å². The van der Waals surface area contributed by atoms with Gasteiger partial charge in [-0.1, -0.05) is 27.7 Å². The predicted octanol–water partition coefficient (Wildman–Crippen LogP) is -5.97. The van der Waals surface area contributed by atoms with Gasteiger partial charge in [0.2, 0.25) is 44.2 Å². The van der Waals surface area contributed by atoms with Gasteiger partial charge in [0.05, 0.1) is 0 Å². The second-order valence-electron chi connectivity index (χ2n) is 16.8. The van der Waals surface area contributed by atoms with Crippen molar-refractivity contribution in [2.75, 3.05) is 39.3 Å². The first kappa shape index (κ1) is 101. The minimum atomic E-state index is -5.69. The average Bonchev–Trinajstić information content (AvgIpc) is 0.887. The molecule has 0 saturated heterocycles. The van der Waals surface area contributed by atoms with Crippen molar-refractivity contribution < 1.29 is 230 Å². The summed E-state index contributed by atoms with van der Waals surface area (Å²) in [4.78, 5) is 286. The summed E-state index contributed by atoms with van der Waals surface area (Å²) in [7, 11) is -91.0. The zero-order valence-electron chi connectivity index (χ0n) is 45.2. The van der Waals surface area contributed by atoms with Crippen molar-refractivity contribution in [3.05, 3.63) is 0 Å². The molecule has 0 fully saturated rings. The molecule has 0 aliphatic rings. The maximum Gasteiger partial charge on any atom is 0.355 e. The molecule has 0 aromatic carbocycles. The minimum absolute atomic E-state index is 0.261. The Labute approximate surface area is 504 Å². The van der Waals surface area contributed by atoms with Crippen LogP contribution in [-0.2, 0) is 73.0 Å². The van der Waals surface area contributed by atoms with Crippen LogP contribution in [0.5, 0.6) is 0 Å². The lowest BCUT2D eigenvalue weighted by atomic mass is 10.3. The van der Waals surface area contributed by atoms with Gasteiger partial charge < -0.3 is 168 Å². The molecule has 0 aliphatic carbocycles. The highest BCUT2D eigenvalue weighted by molar-refractivity contribution is 7.75. The first-order chi connectivity index (χ1) is 38.7. The lowest BCUT2D eigenvalue weighted by Crippen LogP contribution is -2.42. The van der Waals surface area contributed by atoms with Gasteiger partial charge in [0.15, 0.2) is 0 Å². The molecule has 70 heteroatoms. The van der Waals surface area contributed by atoms with E-state index < -0.39 is 192 Å². The first-order valence-electron chi connectivity index (χ1n) is 21.9. The van der Waals surface area contributed by atoms with E-state index in [0.717, 1.165) is 53.6 Å². The number of nitrogens with two attached hydrogens (primary N) is 2. The summed E-state index contributed by atoms with van der Waals surface area (Å²) in [5, 5.41) is 0. The Morgan fingerprint density at radius 3 is 0.300 bits per heavy atom. The van der Waals surface area contributed by atoms with Crippen molar-refractivity contribution in [2.45, 2.75) is 84.7 Å². The lowest BCUT2D eigenvalue weighted by molar-refractivity contribution is 0.203. The van der Waals surface area contributed by atoms with E-state index in [1.165, 1.54) is 0 Å². The second kappa shape index (κ2) is 36.7. The van der Waals surface area contributed by atoms with E-state index >= 15 is 0 Å². The highest BCUT2D eigenvalue weighted by Crippen LogP contribution is 2.73. The third-order valence-corrected chi connectivity index (χ3v) is 38.1. The number of hydrogen-bond acceptors (Lipinski definition) is 22. The van der Waals surface area contributed by atoms with Crippen LogP contribution in [0.4, 0.5) is 0 Å². The van der Waals surface area contributed by atoms with Crippen LogP contribution in [-0.4, -0.2) is 260 Å². The maximum absolute atomic E-state index is 11.2. The van der Waals surface area contributed by atoms with Crippen molar-refractivity contribution >= 4 is 122 Å². The summed E-state index contributed by atoms with van der Waals surface area (Å²) in [6.45, 7) is 1.93. The van der Waals surface area contributed by atoms with Crippen LogP contribution < -0.4 is 11.5 Å². The van der Waals surface area contributed by atoms with Crippen LogP contribution in [0.1, 0.15) is 40.5 Å². The van der Waals surface area contributed by atoms with Gasteiger partial charge in [-0.05, 0) is 52.1 Å². The molecule has 0 atom stereocenters. The standard InChI is InChI=1S/C4H12N2.4C4H15NO12P4/c5-3-1-2-4-6;4*1-2-5(3(18(6,7)8)19(9,10)11)4(20(12,13)14)21(15,16)17/h1-6H2;4*3-4H,2H2,1H3,(H2,6,7,8)(H2,9,10,11)(H2,12,13,14)(H2,15,16,17). The molecule has 36 N–H and O–H groups in total. The maximum atomic E-state index is 11.2. The summed E-state index contributed by atoms with van der Waals surface area (Å²) in [6, 6.07) is 0. The molecular formula is C20H72N6O48P16. The number of hydrogen-bond donors (Lipinski definition) is 34. The van der Waals surface area contributed by atoms with Gasteiger partial charge in [-0.25, -0.2) is 0 Å². The summed E-state index contributed by atoms with van der Waals surface area (Å²) in [6.07, 6.45) is 2.13. The third-order valence-electron chi connectivity index (χ3n) is 9.31. The third kappa shape index (κ3) is 36.0. The molecule has 0 rings (SSSR count). The fraction of sp³-hybridized carbons (Fsp3) is 1.00. The van der Waals surface area contributed by atoms with Crippen LogP contribution in [0.25, 0.3) is 0 Å². The topological polar surface area (TPSA) is 985 Å². The lowest BCUT2D eigenvalue weighted by Gasteiger charge is -2.37. The molecule has 0 bridgehead atoms. The van der Waals surface area contributed by atoms with Crippen LogP contribution in [0.15, 0.2) is 0 Å². The molecule has 0 aliphatic heterocycles. The molecule has 0 saturated carbocycles. The molecule has 0 aromatic rings. The Balaban J connectivity index is -0.000000345. The molecular weight excluding hydrogens is 1590 g/mol. The first-order valence-corrected chi connectivity index (χ1v) is 48.8. The minimum Gasteiger partial charge on any atom is -0.330 e. The summed E-state index contributed by atoms with van der Waals surface area (Å²) >= 11 is 0. The fourth-order valence-corrected chi connectivity index (χ4v) is 31.9. The van der Waals surface area contributed by atoms with Crippen molar-refractivity contribution in [1.82, 2.24) is 19.6 Å². The monoisotopic (exact) mass is 1660 g/mol. The zero-order chi connectivity index (χ0) is 74.6. The normalized spacial score (nSPS) is 14.8. The Morgan fingerprint density at radius 1 is 0.200 bits per heavy atom. The van der Waals surface area contributed by atoms with E-state index in [-0.39, 0.29) is 19.6 Å². The Bertz CT molecular complexity index is 2320. The van der Waals surface area contributed by atoms with Gasteiger partial charge in [0, 0.05) is 0 Å². The SMILES string of the molecule is CCN(C(P(=O)(O)O)P(=O)(O)O)C(P(=O)(O)O)P(=O)(O)O.CCN(C(P(=O)(O)O)P(=O)(O)O)C(P(=O)(O)O)P(=O)(O)O.CCN(C(P(=O)(O)O)P(=O)(O)O)C(P(=O)(O)O)P(=O)(O)O.CCN(C(P(=O)(O)O)P(=O)(O)O)C(P(=O)(O)O)P(=O)(O)O.NCCCCN. The molecule has 0 aromatic heterocycles. The van der Waals surface area contributed by atoms with E-state index in [9.17, 15) is 73.0 Å². The molecule has 54 nitrogen and oxygen atoms in total. The average molecular weight is 1660 g/mol. The molecule has 0 amide bonds. The Kier molecular flexibility index (Phi) is 41.1. The number of unbranched alkanes of at least 4 members (excludes halogenated alkanes) is 1. The smallest absolute Gasteiger partial charge is 0.330 e. The molecule has 90 heavy (non-hydrogen) atoms. The molecule has 0 spiro atoms. The molecule has 0 radical (unpaired) electrons. The van der Waals surface area contributed by atoms with Crippen molar-refractivity contribution in [1.29, 1.82) is 0 Å². The summed E-state index contributed by atoms with van der Waals surface area (Å²) in [5.74, 6) is 0. The van der Waals surface area contributed by atoms with Crippen molar-refractivity contribution in [2.24, 2.45) is 11.5 Å². The second-order valence-corrected chi connectivity index (χ2v) is 46.7. The van der Waals surface area contributed by atoms with Gasteiger partial charge in [-0.3, -0.25) is 92.6 Å². The van der Waals surface area contributed by atoms with Gasteiger partial charge in [-0.15, -0.1) is 0 Å². The van der Waals surface area contributed by atoms with E-state index in [4.69, 9.17) is 168 Å². The number of nitrogens with zero attached hydrogens (tertiary/aromatic N) is 4. The fourth-order valence-electron chi connectivity index (χ4n) is 6.73. The quantitative estimate of drug-likeness (QED) is 0.0227. The van der Waals surface area contributed by atoms with Crippen LogP contribution in [0.2, 0.25) is 0 Å². The van der Waals surface area contributed by atoms with E-state index in [0.29, 0.717) is 0 Å². The Hall–Kier alpha value is 2.16. The molecule has 0 unspecified atom stereocenters. The highest BCUT2D eigenvalue weighted by Gasteiger charge is 2.62. The Morgan fingerprint density at radius 2 is 0.267 bits per heavy atom. The van der Waals surface area contributed by atoms with Crippen molar-refractivity contribution in [3.63, 3.8) is 0 Å². The predicted molar refractivity (Wildman–Crippen MR) is 300 cm³/mol. The van der Waals surface area contributed by atoms with Crippen molar-refractivity contribution in [3.8, 4) is 0 Å². The van der Waals surface area contributed by atoms with Crippen LogP contribution in [0.3, 0.4) is 0 Å². The van der Waals surface area contributed by atoms with Gasteiger partial charge >= 0.3 is 122 Å². The van der Waals surface area contributed by atoms with E-state index in [1.54, 1.807) is 0 Å². The summed E-state index contributed by atoms with van der Waals surface area (Å²) in [5.41, 5.74) is -14.5. The number of rotatable bonds is 31. The van der Waals surface area contributed by atoms with Gasteiger partial charge in [0.1, 0.15) is 0 Å². The highest BCUT2D eigenvalue weighted by atomic mass is 31.3. The van der Waals surface area contributed by atoms with Gasteiger partial charge in [-0.2, -0.15) is 0 Å². The van der Waals surface area contributed by atoms with Gasteiger partial charge in [0.25, 0.3) is 0 Å². The van der Waals surface area contributed by atoms with Crippen LogP contribution >= 0.6 is 122 Å². The largest absolute Gasteiger partial charge is 0.355 e. The molecule has 550 valence electrons.